The number of fused-ring (bicyclic) bond motifs is 1. The van der Waals surface area contributed by atoms with Gasteiger partial charge in [0.25, 0.3) is 0 Å². The summed E-state index contributed by atoms with van der Waals surface area (Å²) in [6, 6.07) is 0. The van der Waals surface area contributed by atoms with Gasteiger partial charge in [-0.3, -0.25) is 0 Å². The van der Waals surface area contributed by atoms with Gasteiger partial charge in [0.15, 0.2) is 11.3 Å². The molecule has 2 heterocycles. The van der Waals surface area contributed by atoms with Crippen molar-refractivity contribution in [2.24, 2.45) is 15.7 Å². The maximum atomic E-state index is 5.49. The molecule has 0 radical (unpaired) electrons. The molecule has 0 aromatic rings. The molecule has 3 nitrogen and oxygen atoms in total. The molecule has 0 saturated carbocycles. The van der Waals surface area contributed by atoms with Crippen LogP contribution in [0.25, 0.3) is 0 Å². The third-order valence-corrected chi connectivity index (χ3v) is 2.06. The van der Waals surface area contributed by atoms with Crippen molar-refractivity contribution in [1.29, 1.82) is 0 Å². The second-order valence-electron chi connectivity index (χ2n) is 1.77. The molecular weight excluding hydrogens is 134 g/mol. The summed E-state index contributed by atoms with van der Waals surface area (Å²) in [7, 11) is 0. The van der Waals surface area contributed by atoms with E-state index in [9.17, 15) is 0 Å². The Kier molecular flexibility index (Phi) is 0.972. The Morgan fingerprint density at radius 3 is 3.33 bits per heavy atom. The van der Waals surface area contributed by atoms with Gasteiger partial charge in [-0.05, 0) is 6.08 Å². The average Bonchev–Trinajstić information content (AvgIpc) is 2.22. The maximum Gasteiger partial charge on any atom is 0.163 e. The van der Waals surface area contributed by atoms with Crippen LogP contribution in [0.3, 0.4) is 0 Å². The van der Waals surface area contributed by atoms with Crippen LogP contribution in [0.2, 0.25) is 0 Å². The van der Waals surface area contributed by atoms with Crippen LogP contribution >= 0.6 is 11.8 Å². The Balaban J connectivity index is 2.40. The molecule has 0 saturated heterocycles. The van der Waals surface area contributed by atoms with Crippen molar-refractivity contribution in [3.63, 3.8) is 0 Å². The van der Waals surface area contributed by atoms with E-state index < -0.39 is 0 Å². The number of thioether (sulfide) groups is 1. The van der Waals surface area contributed by atoms with Crippen LogP contribution in [0.5, 0.6) is 0 Å². The van der Waals surface area contributed by atoms with Crippen molar-refractivity contribution < 1.29 is 0 Å². The van der Waals surface area contributed by atoms with Gasteiger partial charge in [0.1, 0.15) is 0 Å². The molecule has 0 amide bonds. The minimum absolute atomic E-state index is 0.122. The monoisotopic (exact) mass is 139 g/mol. The lowest BCUT2D eigenvalue weighted by molar-refractivity contribution is 1.00. The molecular formula is C5H5N3S. The smallest absolute Gasteiger partial charge is 0.163 e. The van der Waals surface area contributed by atoms with Gasteiger partial charge in [-0.1, -0.05) is 11.8 Å². The zero-order chi connectivity index (χ0) is 6.27. The van der Waals surface area contributed by atoms with E-state index in [1.54, 1.807) is 18.0 Å². The number of rotatable bonds is 0. The predicted molar refractivity (Wildman–Crippen MR) is 39.6 cm³/mol. The van der Waals surface area contributed by atoms with E-state index in [0.717, 1.165) is 10.7 Å². The molecule has 2 aliphatic rings. The minimum Gasteiger partial charge on any atom is -0.301 e. The van der Waals surface area contributed by atoms with E-state index >= 15 is 0 Å². The van der Waals surface area contributed by atoms with Crippen molar-refractivity contribution in [2.75, 3.05) is 0 Å². The first-order valence-electron chi connectivity index (χ1n) is 2.61. The highest BCUT2D eigenvalue weighted by Crippen LogP contribution is 2.30. The number of aliphatic imine (C=N–C) groups is 2. The highest BCUT2D eigenvalue weighted by atomic mass is 32.2. The third kappa shape index (κ3) is 0.710. The Bertz CT molecular complexity index is 228. The van der Waals surface area contributed by atoms with Gasteiger partial charge in [-0.2, -0.15) is 0 Å². The van der Waals surface area contributed by atoms with Gasteiger partial charge in [0, 0.05) is 6.21 Å². The van der Waals surface area contributed by atoms with E-state index in [2.05, 4.69) is 9.98 Å². The molecule has 2 N–H and O–H groups in total. The molecule has 1 atom stereocenters. The molecule has 0 aliphatic carbocycles. The molecule has 0 aromatic carbocycles. The Hall–Kier alpha value is -0.610. The number of hydrogen-bond acceptors (Lipinski definition) is 4. The lowest BCUT2D eigenvalue weighted by Crippen LogP contribution is -2.07. The maximum absolute atomic E-state index is 5.49. The van der Waals surface area contributed by atoms with Crippen LogP contribution in [0.1, 0.15) is 0 Å². The normalized spacial score (nSPS) is 30.1. The summed E-state index contributed by atoms with van der Waals surface area (Å²) in [5, 5.41) is 0. The van der Waals surface area contributed by atoms with Gasteiger partial charge in [-0.25, -0.2) is 9.98 Å². The first-order valence-corrected chi connectivity index (χ1v) is 3.49. The number of amidine groups is 1. The molecule has 2 aliphatic heterocycles. The summed E-state index contributed by atoms with van der Waals surface area (Å²) in [4.78, 5) is 9.12. The molecule has 0 spiro atoms. The Labute approximate surface area is 56.8 Å². The van der Waals surface area contributed by atoms with Crippen LogP contribution in [0.15, 0.2) is 21.0 Å². The fourth-order valence-corrected chi connectivity index (χ4v) is 1.54. The Morgan fingerprint density at radius 2 is 2.56 bits per heavy atom. The van der Waals surface area contributed by atoms with E-state index in [4.69, 9.17) is 5.73 Å². The summed E-state index contributed by atoms with van der Waals surface area (Å²) in [6.07, 6.45) is 3.67. The average molecular weight is 139 g/mol. The van der Waals surface area contributed by atoms with Crippen molar-refractivity contribution >= 4 is 23.8 Å². The van der Waals surface area contributed by atoms with Crippen molar-refractivity contribution in [1.82, 2.24) is 0 Å². The lowest BCUT2D eigenvalue weighted by atomic mass is 10.5. The van der Waals surface area contributed by atoms with Gasteiger partial charge >= 0.3 is 0 Å². The summed E-state index contributed by atoms with van der Waals surface area (Å²) in [5.41, 5.74) is 5.36. The molecule has 0 fully saturated rings. The molecule has 4 heteroatoms. The summed E-state index contributed by atoms with van der Waals surface area (Å²) in [6.45, 7) is 0. The predicted octanol–water partition coefficient (Wildman–Crippen LogP) is 0.342. The van der Waals surface area contributed by atoms with Crippen LogP contribution in [0.4, 0.5) is 0 Å². The standard InChI is InChI=1S/C5H5N3S/c6-5-8-4-3(9-5)1-2-7-4/h1-2,5H,6H2. The summed E-state index contributed by atoms with van der Waals surface area (Å²) >= 11 is 1.55. The molecule has 0 aromatic heterocycles. The van der Waals surface area contributed by atoms with Crippen molar-refractivity contribution in [2.45, 2.75) is 5.50 Å². The van der Waals surface area contributed by atoms with E-state index in [1.165, 1.54) is 0 Å². The van der Waals surface area contributed by atoms with Gasteiger partial charge in [-0.15, -0.1) is 0 Å². The SMILES string of the molecule is NC1N=C2N=CC=C2S1. The number of nitrogens with two attached hydrogens (primary N) is 1. The second-order valence-corrected chi connectivity index (χ2v) is 2.93. The van der Waals surface area contributed by atoms with Gasteiger partial charge < -0.3 is 5.73 Å². The van der Waals surface area contributed by atoms with Crippen molar-refractivity contribution in [3.05, 3.63) is 11.0 Å². The van der Waals surface area contributed by atoms with Crippen LogP contribution in [0, 0.1) is 0 Å². The molecule has 1 unspecified atom stereocenters. The number of hydrogen-bond donors (Lipinski definition) is 1. The zero-order valence-electron chi connectivity index (χ0n) is 4.61. The van der Waals surface area contributed by atoms with Gasteiger partial charge in [0.2, 0.25) is 0 Å². The number of nitrogens with zero attached hydrogens (tertiary/aromatic N) is 2. The molecule has 2 rings (SSSR count). The third-order valence-electron chi connectivity index (χ3n) is 1.14. The van der Waals surface area contributed by atoms with E-state index in [-0.39, 0.29) is 5.50 Å². The van der Waals surface area contributed by atoms with E-state index in [1.807, 2.05) is 6.08 Å². The fourth-order valence-electron chi connectivity index (χ4n) is 0.780. The summed E-state index contributed by atoms with van der Waals surface area (Å²) in [5.74, 6) is 0.799. The topological polar surface area (TPSA) is 50.7 Å². The minimum atomic E-state index is -0.122. The molecule has 9 heavy (non-hydrogen) atoms. The van der Waals surface area contributed by atoms with Crippen LogP contribution in [-0.4, -0.2) is 17.5 Å². The van der Waals surface area contributed by atoms with E-state index in [0.29, 0.717) is 0 Å². The zero-order valence-corrected chi connectivity index (χ0v) is 5.43. The molecule has 0 bridgehead atoms. The first-order chi connectivity index (χ1) is 4.36. The summed E-state index contributed by atoms with van der Waals surface area (Å²) < 4.78 is 0. The fraction of sp³-hybridized carbons (Fsp3) is 0.200. The first kappa shape index (κ1) is 5.20. The molecule has 46 valence electrons. The highest BCUT2D eigenvalue weighted by molar-refractivity contribution is 8.05. The van der Waals surface area contributed by atoms with Gasteiger partial charge in [0.05, 0.1) is 4.91 Å². The second kappa shape index (κ2) is 1.68. The quantitative estimate of drug-likeness (QED) is 0.526. The van der Waals surface area contributed by atoms with Crippen LogP contribution in [-0.2, 0) is 0 Å². The lowest BCUT2D eigenvalue weighted by Gasteiger charge is -1.91. The van der Waals surface area contributed by atoms with Crippen molar-refractivity contribution in [3.8, 4) is 0 Å². The highest BCUT2D eigenvalue weighted by Gasteiger charge is 2.21. The Morgan fingerprint density at radius 1 is 1.67 bits per heavy atom. The van der Waals surface area contributed by atoms with Crippen LogP contribution < -0.4 is 5.73 Å². The largest absolute Gasteiger partial charge is 0.301 e. The number of allylic oxidation sites excluding steroid dienone is 1.